The van der Waals surface area contributed by atoms with Crippen LogP contribution >= 0.6 is 0 Å². The second-order valence-corrected chi connectivity index (χ2v) is 14.0. The fraction of sp³-hybridized carbons (Fsp3) is 0.0909. The Morgan fingerprint density at radius 3 is 1.43 bits per heavy atom. The Morgan fingerprint density at radius 2 is 1.00 bits per heavy atom. The Balaban J connectivity index is 0.000000154. The van der Waals surface area contributed by atoms with E-state index < -0.39 is 11.6 Å². The van der Waals surface area contributed by atoms with Gasteiger partial charge in [0.2, 0.25) is 0 Å². The number of hydrogen-bond donors (Lipinski definition) is 4. The summed E-state index contributed by atoms with van der Waals surface area (Å²) in [6, 6.07) is 26.5. The number of imidazole rings is 2. The molecule has 0 saturated heterocycles. The minimum Gasteiger partial charge on any atom is -0.362 e. The van der Waals surface area contributed by atoms with Crippen molar-refractivity contribution in [2.24, 2.45) is 0 Å². The summed E-state index contributed by atoms with van der Waals surface area (Å²) in [5, 5.41) is 6.68. The van der Waals surface area contributed by atoms with E-state index in [4.69, 9.17) is 0 Å². The zero-order valence-corrected chi connectivity index (χ0v) is 32.0. The van der Waals surface area contributed by atoms with E-state index in [0.29, 0.717) is 56.2 Å². The first-order valence-corrected chi connectivity index (χ1v) is 18.8. The van der Waals surface area contributed by atoms with Gasteiger partial charge >= 0.3 is 0 Å². The molecule has 0 aliphatic heterocycles. The van der Waals surface area contributed by atoms with E-state index in [9.17, 15) is 18.4 Å². The third-order valence-corrected chi connectivity index (χ3v) is 10.1. The van der Waals surface area contributed by atoms with Crippen molar-refractivity contribution in [3.63, 3.8) is 0 Å². The molecule has 0 radical (unpaired) electrons. The summed E-state index contributed by atoms with van der Waals surface area (Å²) in [4.78, 5) is 57.9. The number of halogens is 2. The van der Waals surface area contributed by atoms with Gasteiger partial charge in [-0.3, -0.25) is 18.4 Å². The van der Waals surface area contributed by atoms with Crippen molar-refractivity contribution in [1.29, 1.82) is 0 Å². The number of fused-ring (bicyclic) bond motifs is 4. The number of anilines is 2. The fourth-order valence-electron chi connectivity index (χ4n) is 7.33. The maximum atomic E-state index is 14.0. The van der Waals surface area contributed by atoms with Crippen molar-refractivity contribution in [3.05, 3.63) is 178 Å². The van der Waals surface area contributed by atoms with Crippen molar-refractivity contribution in [2.75, 3.05) is 10.6 Å². The summed E-state index contributed by atoms with van der Waals surface area (Å²) in [6.07, 6.45) is 9.38. The average molecular weight is 801 g/mol. The summed E-state index contributed by atoms with van der Waals surface area (Å²) in [6.45, 7) is 3.86. The lowest BCUT2D eigenvalue weighted by Gasteiger charge is -2.20. The predicted octanol–water partition coefficient (Wildman–Crippen LogP) is 7.89. The SMILES string of the molecule is C[C@@H](Nc1ncnc2nc[nH]c12)c1cc2ccccn2c(=O)c1-c1cccc(F)c1.C[C@H](Nc1ncnc2nc[nH]c12)c1cc2ccccn2c(=O)c1-c1cccc(F)c1. The van der Waals surface area contributed by atoms with Crippen LogP contribution in [0.2, 0.25) is 0 Å². The zero-order chi connectivity index (χ0) is 41.3. The van der Waals surface area contributed by atoms with E-state index >= 15 is 0 Å². The molecule has 0 aliphatic rings. The molecular weight excluding hydrogens is 767 g/mol. The van der Waals surface area contributed by atoms with Gasteiger partial charge in [0.1, 0.15) is 35.3 Å². The Kier molecular flexibility index (Phi) is 9.77. The quantitative estimate of drug-likeness (QED) is 0.118. The molecule has 10 aromatic rings. The molecule has 0 spiro atoms. The number of rotatable bonds is 8. The predicted molar refractivity (Wildman–Crippen MR) is 226 cm³/mol. The number of aromatic nitrogens is 10. The molecule has 0 bridgehead atoms. The monoisotopic (exact) mass is 800 g/mol. The number of pyridine rings is 4. The standard InChI is InChI=1S/2C22H17FN6O/c2*1-13(28-21-19-20(25-11-24-19)26-12-27-21)17-10-16-7-2-3-8-29(16)22(30)18(17)14-5-4-6-15(23)9-14/h2*2-13H,1H3,(H2,24,25,26,27,28)/t2*13-/m10/s1. The molecule has 0 saturated carbocycles. The third kappa shape index (κ3) is 7.06. The van der Waals surface area contributed by atoms with Crippen molar-refractivity contribution >= 4 is 45.0 Å². The molecule has 8 heterocycles. The normalized spacial score (nSPS) is 12.3. The Labute approximate surface area is 338 Å². The van der Waals surface area contributed by atoms with Gasteiger partial charge in [0, 0.05) is 23.4 Å². The van der Waals surface area contributed by atoms with Crippen molar-refractivity contribution < 1.29 is 8.78 Å². The van der Waals surface area contributed by atoms with Gasteiger partial charge in [-0.15, -0.1) is 0 Å². The van der Waals surface area contributed by atoms with Crippen LogP contribution in [0.4, 0.5) is 20.4 Å². The van der Waals surface area contributed by atoms with Gasteiger partial charge in [0.15, 0.2) is 22.9 Å². The molecule has 2 atom stereocenters. The molecule has 16 heteroatoms. The first kappa shape index (κ1) is 37.4. The molecule has 296 valence electrons. The van der Waals surface area contributed by atoms with Gasteiger partial charge in [-0.25, -0.2) is 38.7 Å². The van der Waals surface area contributed by atoms with Gasteiger partial charge in [0.05, 0.1) is 35.9 Å². The number of H-pyrrole nitrogens is 2. The van der Waals surface area contributed by atoms with Crippen molar-refractivity contribution in [3.8, 4) is 22.3 Å². The number of benzene rings is 2. The van der Waals surface area contributed by atoms with E-state index in [1.165, 1.54) is 36.9 Å². The molecule has 0 amide bonds. The largest absolute Gasteiger partial charge is 0.362 e. The highest BCUT2D eigenvalue weighted by atomic mass is 19.1. The highest BCUT2D eigenvalue weighted by molar-refractivity contribution is 5.83. The lowest BCUT2D eigenvalue weighted by molar-refractivity contribution is 0.628. The van der Waals surface area contributed by atoms with Crippen LogP contribution in [0.1, 0.15) is 37.1 Å². The molecule has 0 fully saturated rings. The van der Waals surface area contributed by atoms with Crippen LogP contribution in [0, 0.1) is 11.6 Å². The minimum atomic E-state index is -0.397. The van der Waals surface area contributed by atoms with Crippen molar-refractivity contribution in [1.82, 2.24) is 48.7 Å². The first-order chi connectivity index (χ1) is 29.2. The Morgan fingerprint density at radius 1 is 0.550 bits per heavy atom. The zero-order valence-electron chi connectivity index (χ0n) is 32.0. The Hall–Kier alpha value is -8.14. The van der Waals surface area contributed by atoms with Crippen LogP contribution in [0.3, 0.4) is 0 Å². The molecule has 0 aliphatic carbocycles. The smallest absolute Gasteiger partial charge is 0.263 e. The molecule has 10 rings (SSSR count). The van der Waals surface area contributed by atoms with Gasteiger partial charge in [-0.05, 0) is 96.8 Å². The van der Waals surface area contributed by atoms with E-state index in [0.717, 1.165) is 22.2 Å². The van der Waals surface area contributed by atoms with Crippen LogP contribution in [-0.4, -0.2) is 48.7 Å². The molecule has 2 aromatic carbocycles. The van der Waals surface area contributed by atoms with Crippen LogP contribution < -0.4 is 21.8 Å². The van der Waals surface area contributed by atoms with Gasteiger partial charge in [-0.2, -0.15) is 0 Å². The van der Waals surface area contributed by atoms with E-state index in [-0.39, 0.29) is 23.2 Å². The fourth-order valence-corrected chi connectivity index (χ4v) is 7.33. The summed E-state index contributed by atoms with van der Waals surface area (Å²) in [5.74, 6) is 0.352. The number of nitrogens with one attached hydrogen (secondary N) is 4. The van der Waals surface area contributed by atoms with Gasteiger partial charge in [-0.1, -0.05) is 36.4 Å². The Bertz CT molecular complexity index is 3100. The van der Waals surface area contributed by atoms with Gasteiger partial charge in [0.25, 0.3) is 11.1 Å². The summed E-state index contributed by atoms with van der Waals surface area (Å²) >= 11 is 0. The molecule has 14 nitrogen and oxygen atoms in total. The molecular formula is C44H34F2N12O2. The summed E-state index contributed by atoms with van der Waals surface area (Å²) in [7, 11) is 0. The molecule has 4 N–H and O–H groups in total. The van der Waals surface area contributed by atoms with Gasteiger partial charge < -0.3 is 20.6 Å². The van der Waals surface area contributed by atoms with E-state index in [2.05, 4.69) is 50.5 Å². The lowest BCUT2D eigenvalue weighted by atomic mass is 9.96. The van der Waals surface area contributed by atoms with E-state index in [1.54, 1.807) is 70.2 Å². The lowest BCUT2D eigenvalue weighted by Crippen LogP contribution is -2.21. The topological polar surface area (TPSA) is 176 Å². The molecule has 0 unspecified atom stereocenters. The van der Waals surface area contributed by atoms with E-state index in [1.807, 2.05) is 50.2 Å². The number of nitrogens with zero attached hydrogens (tertiary/aromatic N) is 8. The minimum absolute atomic E-state index is 0.211. The second-order valence-electron chi connectivity index (χ2n) is 14.0. The van der Waals surface area contributed by atoms with Crippen LogP contribution in [0.25, 0.3) is 55.6 Å². The van der Waals surface area contributed by atoms with Crippen LogP contribution in [0.15, 0.2) is 144 Å². The maximum absolute atomic E-state index is 14.0. The molecule has 8 aromatic heterocycles. The number of hydrogen-bond acceptors (Lipinski definition) is 10. The highest BCUT2D eigenvalue weighted by Crippen LogP contribution is 2.32. The highest BCUT2D eigenvalue weighted by Gasteiger charge is 2.22. The second kappa shape index (κ2) is 15.7. The van der Waals surface area contributed by atoms with Crippen LogP contribution in [-0.2, 0) is 0 Å². The summed E-state index contributed by atoms with van der Waals surface area (Å²) in [5.41, 5.74) is 6.92. The molecule has 60 heavy (non-hydrogen) atoms. The first-order valence-electron chi connectivity index (χ1n) is 18.8. The number of aromatic amines is 2. The average Bonchev–Trinajstić information content (AvgIpc) is 3.95. The van der Waals surface area contributed by atoms with Crippen LogP contribution in [0.5, 0.6) is 0 Å². The third-order valence-electron chi connectivity index (χ3n) is 10.1. The van der Waals surface area contributed by atoms with Crippen molar-refractivity contribution in [2.45, 2.75) is 25.9 Å². The summed E-state index contributed by atoms with van der Waals surface area (Å²) < 4.78 is 31.1. The maximum Gasteiger partial charge on any atom is 0.263 e.